The van der Waals surface area contributed by atoms with Crippen LogP contribution < -0.4 is 10.6 Å². The lowest BCUT2D eigenvalue weighted by molar-refractivity contribution is -0.123. The predicted molar refractivity (Wildman–Crippen MR) is 59.5 cm³/mol. The van der Waals surface area contributed by atoms with E-state index in [0.29, 0.717) is 18.9 Å². The van der Waals surface area contributed by atoms with Crippen molar-refractivity contribution in [3.63, 3.8) is 0 Å². The highest BCUT2D eigenvalue weighted by atomic mass is 16.3. The summed E-state index contributed by atoms with van der Waals surface area (Å²) in [5.74, 6) is 0.506. The highest BCUT2D eigenvalue weighted by molar-refractivity contribution is 5.76. The molecular weight excluding hydrogens is 192 g/mol. The topological polar surface area (TPSA) is 61.4 Å². The molecule has 0 saturated carbocycles. The van der Waals surface area contributed by atoms with Crippen molar-refractivity contribution >= 4 is 5.91 Å². The van der Waals surface area contributed by atoms with Gasteiger partial charge in [0.25, 0.3) is 0 Å². The fraction of sp³-hybridized carbons (Fsp3) is 0.909. The van der Waals surface area contributed by atoms with Crippen molar-refractivity contribution in [1.29, 1.82) is 0 Å². The molecule has 1 saturated heterocycles. The summed E-state index contributed by atoms with van der Waals surface area (Å²) in [5, 5.41) is 15.5. The lowest BCUT2D eigenvalue weighted by atomic mass is 9.96. The highest BCUT2D eigenvalue weighted by Gasteiger charge is 2.18. The van der Waals surface area contributed by atoms with Crippen LogP contribution >= 0.6 is 0 Å². The van der Waals surface area contributed by atoms with Crippen LogP contribution in [-0.4, -0.2) is 36.2 Å². The average molecular weight is 214 g/mol. The number of aliphatic hydroxyl groups is 1. The Bertz CT molecular complexity index is 205. The summed E-state index contributed by atoms with van der Waals surface area (Å²) in [4.78, 5) is 11.5. The maximum Gasteiger partial charge on any atom is 0.220 e. The van der Waals surface area contributed by atoms with E-state index >= 15 is 0 Å². The van der Waals surface area contributed by atoms with Crippen LogP contribution in [0.2, 0.25) is 0 Å². The maximum absolute atomic E-state index is 11.5. The second kappa shape index (κ2) is 5.47. The fourth-order valence-corrected chi connectivity index (χ4v) is 1.75. The molecule has 1 aliphatic heterocycles. The van der Waals surface area contributed by atoms with Gasteiger partial charge in [0.05, 0.1) is 5.60 Å². The van der Waals surface area contributed by atoms with Crippen LogP contribution in [0, 0.1) is 5.92 Å². The summed E-state index contributed by atoms with van der Waals surface area (Å²) in [6.07, 6.45) is 2.86. The number of hydrogen-bond acceptors (Lipinski definition) is 3. The zero-order valence-corrected chi connectivity index (χ0v) is 9.68. The van der Waals surface area contributed by atoms with E-state index in [1.165, 1.54) is 0 Å². The fourth-order valence-electron chi connectivity index (χ4n) is 1.75. The van der Waals surface area contributed by atoms with Crippen LogP contribution in [0.15, 0.2) is 0 Å². The van der Waals surface area contributed by atoms with Crippen molar-refractivity contribution in [2.24, 2.45) is 5.92 Å². The van der Waals surface area contributed by atoms with E-state index in [-0.39, 0.29) is 5.91 Å². The van der Waals surface area contributed by atoms with Crippen molar-refractivity contribution in [3.8, 4) is 0 Å². The second-order valence-corrected chi connectivity index (χ2v) is 5.01. The number of rotatable bonds is 4. The normalized spacial score (nSPS) is 22.5. The van der Waals surface area contributed by atoms with E-state index in [0.717, 1.165) is 25.9 Å². The van der Waals surface area contributed by atoms with Crippen molar-refractivity contribution < 1.29 is 9.90 Å². The molecule has 0 aliphatic carbocycles. The van der Waals surface area contributed by atoms with Gasteiger partial charge < -0.3 is 15.7 Å². The molecule has 1 unspecified atom stereocenters. The molecule has 4 nitrogen and oxygen atoms in total. The Morgan fingerprint density at radius 2 is 2.33 bits per heavy atom. The zero-order valence-electron chi connectivity index (χ0n) is 9.68. The van der Waals surface area contributed by atoms with Gasteiger partial charge in [0.2, 0.25) is 5.91 Å². The van der Waals surface area contributed by atoms with Gasteiger partial charge in [-0.1, -0.05) is 0 Å². The minimum absolute atomic E-state index is 0.0471. The number of carbonyl (C=O) groups excluding carboxylic acids is 1. The Balaban J connectivity index is 2.17. The van der Waals surface area contributed by atoms with Crippen LogP contribution in [-0.2, 0) is 4.79 Å². The molecule has 0 bridgehead atoms. The van der Waals surface area contributed by atoms with Gasteiger partial charge in [0, 0.05) is 13.0 Å². The minimum Gasteiger partial charge on any atom is -0.389 e. The van der Waals surface area contributed by atoms with Gasteiger partial charge in [-0.2, -0.15) is 0 Å². The molecule has 15 heavy (non-hydrogen) atoms. The molecule has 0 radical (unpaired) electrons. The zero-order chi connectivity index (χ0) is 11.3. The first-order chi connectivity index (χ1) is 6.97. The molecule has 1 fully saturated rings. The number of carbonyl (C=O) groups is 1. The van der Waals surface area contributed by atoms with E-state index < -0.39 is 5.60 Å². The lowest BCUT2D eigenvalue weighted by Crippen LogP contribution is -2.40. The molecule has 0 spiro atoms. The van der Waals surface area contributed by atoms with E-state index in [4.69, 9.17) is 0 Å². The molecule has 0 aromatic carbocycles. The van der Waals surface area contributed by atoms with Gasteiger partial charge >= 0.3 is 0 Å². The largest absolute Gasteiger partial charge is 0.389 e. The molecule has 3 N–H and O–H groups in total. The molecule has 0 aromatic rings. The molecular formula is C11H22N2O2. The Hall–Kier alpha value is -0.610. The summed E-state index contributed by atoms with van der Waals surface area (Å²) in [6.45, 7) is 5.72. The number of hydrogen-bond donors (Lipinski definition) is 3. The number of amides is 1. The quantitative estimate of drug-likeness (QED) is 0.629. The maximum atomic E-state index is 11.5. The third-order valence-corrected chi connectivity index (χ3v) is 2.59. The Morgan fingerprint density at radius 1 is 1.60 bits per heavy atom. The van der Waals surface area contributed by atoms with Gasteiger partial charge in [-0.3, -0.25) is 4.79 Å². The minimum atomic E-state index is -0.819. The van der Waals surface area contributed by atoms with Crippen LogP contribution in [0.3, 0.4) is 0 Å². The van der Waals surface area contributed by atoms with Crippen molar-refractivity contribution in [2.45, 2.75) is 38.7 Å². The first-order valence-corrected chi connectivity index (χ1v) is 5.67. The van der Waals surface area contributed by atoms with Crippen LogP contribution in [0.4, 0.5) is 0 Å². The molecule has 1 amide bonds. The van der Waals surface area contributed by atoms with Gasteiger partial charge in [0.1, 0.15) is 0 Å². The summed E-state index contributed by atoms with van der Waals surface area (Å²) in [6, 6.07) is 0. The monoisotopic (exact) mass is 214 g/mol. The Labute approximate surface area is 91.4 Å². The molecule has 1 rings (SSSR count). The van der Waals surface area contributed by atoms with Crippen LogP contribution in [0.5, 0.6) is 0 Å². The van der Waals surface area contributed by atoms with Crippen LogP contribution in [0.25, 0.3) is 0 Å². The summed E-state index contributed by atoms with van der Waals surface area (Å²) < 4.78 is 0. The average Bonchev–Trinajstić information content (AvgIpc) is 2.15. The molecule has 0 aromatic heterocycles. The smallest absolute Gasteiger partial charge is 0.220 e. The van der Waals surface area contributed by atoms with Gasteiger partial charge in [0.15, 0.2) is 0 Å². The van der Waals surface area contributed by atoms with Crippen LogP contribution in [0.1, 0.15) is 33.1 Å². The summed E-state index contributed by atoms with van der Waals surface area (Å²) in [7, 11) is 0. The molecule has 88 valence electrons. The van der Waals surface area contributed by atoms with Gasteiger partial charge in [-0.15, -0.1) is 0 Å². The van der Waals surface area contributed by atoms with Gasteiger partial charge in [-0.25, -0.2) is 0 Å². The van der Waals surface area contributed by atoms with Crippen molar-refractivity contribution in [2.75, 3.05) is 19.6 Å². The number of nitrogens with one attached hydrogen (secondary N) is 2. The standard InChI is InChI=1S/C11H22N2O2/c1-11(2,15)8-13-10(14)6-9-4-3-5-12-7-9/h9,12,15H,3-8H2,1-2H3,(H,13,14). The molecule has 1 heterocycles. The summed E-state index contributed by atoms with van der Waals surface area (Å²) >= 11 is 0. The van der Waals surface area contributed by atoms with E-state index in [1.807, 2.05) is 0 Å². The Kier molecular flexibility index (Phi) is 4.54. The summed E-state index contributed by atoms with van der Waals surface area (Å²) in [5.41, 5.74) is -0.819. The first kappa shape index (κ1) is 12.5. The lowest BCUT2D eigenvalue weighted by Gasteiger charge is -2.23. The molecule has 1 atom stereocenters. The molecule has 4 heteroatoms. The first-order valence-electron chi connectivity index (χ1n) is 5.67. The Morgan fingerprint density at radius 3 is 2.87 bits per heavy atom. The predicted octanol–water partition coefficient (Wildman–Crippen LogP) is 0.263. The third kappa shape index (κ3) is 5.74. The molecule has 1 aliphatic rings. The SMILES string of the molecule is CC(C)(O)CNC(=O)CC1CCCNC1. The third-order valence-electron chi connectivity index (χ3n) is 2.59. The second-order valence-electron chi connectivity index (χ2n) is 5.01. The highest BCUT2D eigenvalue weighted by Crippen LogP contribution is 2.13. The van der Waals surface area contributed by atoms with Crippen molar-refractivity contribution in [3.05, 3.63) is 0 Å². The van der Waals surface area contributed by atoms with Gasteiger partial charge in [-0.05, 0) is 45.7 Å². The van der Waals surface area contributed by atoms with E-state index in [2.05, 4.69) is 10.6 Å². The van der Waals surface area contributed by atoms with E-state index in [9.17, 15) is 9.90 Å². The van der Waals surface area contributed by atoms with E-state index in [1.54, 1.807) is 13.8 Å². The van der Waals surface area contributed by atoms with Crippen molar-refractivity contribution in [1.82, 2.24) is 10.6 Å². The number of piperidine rings is 1.